The maximum atomic E-state index is 13.5. The second-order valence-corrected chi connectivity index (χ2v) is 5.35. The SMILES string of the molecule is CCC1CCC(C(O)Cc2ccc(F)cc2F)C1. The molecule has 1 aromatic carbocycles. The third kappa shape index (κ3) is 3.08. The Bertz CT molecular complexity index is 405. The van der Waals surface area contributed by atoms with E-state index in [1.54, 1.807) is 0 Å². The van der Waals surface area contributed by atoms with Crippen LogP contribution in [0.1, 0.15) is 38.2 Å². The van der Waals surface area contributed by atoms with E-state index in [-0.39, 0.29) is 12.3 Å². The molecule has 2 rings (SSSR count). The van der Waals surface area contributed by atoms with Gasteiger partial charge in [-0.1, -0.05) is 25.8 Å². The maximum Gasteiger partial charge on any atom is 0.129 e. The lowest BCUT2D eigenvalue weighted by atomic mass is 9.93. The van der Waals surface area contributed by atoms with E-state index >= 15 is 0 Å². The topological polar surface area (TPSA) is 20.2 Å². The van der Waals surface area contributed by atoms with Gasteiger partial charge >= 0.3 is 0 Å². The standard InChI is InChI=1S/C15H20F2O/c1-2-10-3-4-12(7-10)15(18)8-11-5-6-13(16)9-14(11)17/h5-6,9-10,12,15,18H,2-4,7-8H2,1H3. The van der Waals surface area contributed by atoms with Gasteiger partial charge < -0.3 is 5.11 Å². The molecule has 1 aliphatic carbocycles. The highest BCUT2D eigenvalue weighted by molar-refractivity contribution is 5.19. The van der Waals surface area contributed by atoms with Crippen molar-refractivity contribution < 1.29 is 13.9 Å². The summed E-state index contributed by atoms with van der Waals surface area (Å²) in [6.45, 7) is 2.17. The van der Waals surface area contributed by atoms with E-state index in [4.69, 9.17) is 0 Å². The monoisotopic (exact) mass is 254 g/mol. The van der Waals surface area contributed by atoms with Gasteiger partial charge in [0.15, 0.2) is 0 Å². The number of halogens is 2. The Morgan fingerprint density at radius 2 is 2.11 bits per heavy atom. The molecule has 1 aromatic rings. The van der Waals surface area contributed by atoms with Crippen molar-refractivity contribution in [3.8, 4) is 0 Å². The summed E-state index contributed by atoms with van der Waals surface area (Å²) < 4.78 is 26.3. The molecule has 1 N–H and O–H groups in total. The molecule has 3 heteroatoms. The third-order valence-corrected chi connectivity index (χ3v) is 4.15. The van der Waals surface area contributed by atoms with Crippen LogP contribution in [0.15, 0.2) is 18.2 Å². The van der Waals surface area contributed by atoms with Crippen LogP contribution in [-0.2, 0) is 6.42 Å². The molecule has 0 radical (unpaired) electrons. The van der Waals surface area contributed by atoms with Gasteiger partial charge in [0.25, 0.3) is 0 Å². The van der Waals surface area contributed by atoms with E-state index in [1.165, 1.54) is 12.1 Å². The van der Waals surface area contributed by atoms with Gasteiger partial charge in [-0.25, -0.2) is 8.78 Å². The molecule has 1 saturated carbocycles. The number of benzene rings is 1. The van der Waals surface area contributed by atoms with E-state index in [9.17, 15) is 13.9 Å². The molecule has 0 amide bonds. The fourth-order valence-electron chi connectivity index (χ4n) is 2.91. The van der Waals surface area contributed by atoms with Gasteiger partial charge in [-0.2, -0.15) is 0 Å². The lowest BCUT2D eigenvalue weighted by molar-refractivity contribution is 0.107. The van der Waals surface area contributed by atoms with Crippen molar-refractivity contribution in [2.45, 2.75) is 45.1 Å². The van der Waals surface area contributed by atoms with Gasteiger partial charge in [-0.3, -0.25) is 0 Å². The summed E-state index contributed by atoms with van der Waals surface area (Å²) in [6.07, 6.45) is 4.12. The minimum atomic E-state index is -0.572. The molecule has 0 saturated heterocycles. The molecule has 18 heavy (non-hydrogen) atoms. The normalized spacial score (nSPS) is 25.3. The van der Waals surface area contributed by atoms with Crippen LogP contribution in [-0.4, -0.2) is 11.2 Å². The largest absolute Gasteiger partial charge is 0.392 e. The molecule has 0 aromatic heterocycles. The number of hydrogen-bond acceptors (Lipinski definition) is 1. The van der Waals surface area contributed by atoms with Gasteiger partial charge in [-0.05, 0) is 36.3 Å². The first kappa shape index (κ1) is 13.5. The maximum absolute atomic E-state index is 13.5. The summed E-state index contributed by atoms with van der Waals surface area (Å²) in [4.78, 5) is 0. The molecule has 3 atom stereocenters. The third-order valence-electron chi connectivity index (χ3n) is 4.15. The number of aliphatic hydroxyl groups is 1. The highest BCUT2D eigenvalue weighted by Crippen LogP contribution is 2.35. The second-order valence-electron chi connectivity index (χ2n) is 5.35. The van der Waals surface area contributed by atoms with Gasteiger partial charge in [-0.15, -0.1) is 0 Å². The Balaban J connectivity index is 1.97. The van der Waals surface area contributed by atoms with Crippen molar-refractivity contribution in [2.24, 2.45) is 11.8 Å². The molecule has 1 nitrogen and oxygen atoms in total. The summed E-state index contributed by atoms with van der Waals surface area (Å²) in [5.74, 6) is -0.168. The van der Waals surface area contributed by atoms with Crippen molar-refractivity contribution in [1.82, 2.24) is 0 Å². The minimum Gasteiger partial charge on any atom is -0.392 e. The number of hydrogen-bond donors (Lipinski definition) is 1. The smallest absolute Gasteiger partial charge is 0.129 e. The first-order valence-corrected chi connectivity index (χ1v) is 6.72. The Labute approximate surface area is 107 Å². The lowest BCUT2D eigenvalue weighted by Gasteiger charge is -2.18. The predicted octanol–water partition coefficient (Wildman–Crippen LogP) is 3.69. The molecule has 1 fully saturated rings. The molecule has 0 bridgehead atoms. The van der Waals surface area contributed by atoms with Crippen molar-refractivity contribution in [2.75, 3.05) is 0 Å². The van der Waals surface area contributed by atoms with E-state index < -0.39 is 17.7 Å². The molecular formula is C15H20F2O. The van der Waals surface area contributed by atoms with E-state index in [2.05, 4.69) is 6.92 Å². The Morgan fingerprint density at radius 3 is 2.72 bits per heavy atom. The van der Waals surface area contributed by atoms with Gasteiger partial charge in [0, 0.05) is 12.5 Å². The summed E-state index contributed by atoms with van der Waals surface area (Å²) >= 11 is 0. The fourth-order valence-corrected chi connectivity index (χ4v) is 2.91. The van der Waals surface area contributed by atoms with Gasteiger partial charge in [0.2, 0.25) is 0 Å². The van der Waals surface area contributed by atoms with Crippen molar-refractivity contribution in [3.05, 3.63) is 35.4 Å². The van der Waals surface area contributed by atoms with E-state index in [1.807, 2.05) is 0 Å². The lowest BCUT2D eigenvalue weighted by Crippen LogP contribution is -2.21. The molecule has 0 heterocycles. The molecule has 0 spiro atoms. The zero-order valence-electron chi connectivity index (χ0n) is 10.7. The van der Waals surface area contributed by atoms with Crippen LogP contribution in [0.4, 0.5) is 8.78 Å². The number of aliphatic hydroxyl groups excluding tert-OH is 1. The Hall–Kier alpha value is -0.960. The van der Waals surface area contributed by atoms with Crippen LogP contribution in [0.5, 0.6) is 0 Å². The first-order valence-electron chi connectivity index (χ1n) is 6.72. The minimum absolute atomic E-state index is 0.263. The summed E-state index contributed by atoms with van der Waals surface area (Å²) in [5, 5.41) is 10.1. The summed E-state index contributed by atoms with van der Waals surface area (Å²) in [5.41, 5.74) is 0.406. The summed E-state index contributed by atoms with van der Waals surface area (Å²) in [7, 11) is 0. The zero-order valence-corrected chi connectivity index (χ0v) is 10.7. The fraction of sp³-hybridized carbons (Fsp3) is 0.600. The van der Waals surface area contributed by atoms with Crippen molar-refractivity contribution in [1.29, 1.82) is 0 Å². The average Bonchev–Trinajstić information content (AvgIpc) is 2.81. The summed E-state index contributed by atoms with van der Waals surface area (Å²) in [6, 6.07) is 3.56. The molecule has 0 aliphatic heterocycles. The highest BCUT2D eigenvalue weighted by Gasteiger charge is 2.29. The van der Waals surface area contributed by atoms with Crippen molar-refractivity contribution >= 4 is 0 Å². The molecular weight excluding hydrogens is 234 g/mol. The van der Waals surface area contributed by atoms with Gasteiger partial charge in [0.05, 0.1) is 6.10 Å². The van der Waals surface area contributed by atoms with Crippen LogP contribution in [0.2, 0.25) is 0 Å². The predicted molar refractivity (Wildman–Crippen MR) is 67.2 cm³/mol. The van der Waals surface area contributed by atoms with Crippen molar-refractivity contribution in [3.63, 3.8) is 0 Å². The molecule has 1 aliphatic rings. The van der Waals surface area contributed by atoms with Crippen LogP contribution >= 0.6 is 0 Å². The van der Waals surface area contributed by atoms with Crippen LogP contribution in [0.25, 0.3) is 0 Å². The average molecular weight is 254 g/mol. The van der Waals surface area contributed by atoms with E-state index in [0.717, 1.165) is 31.7 Å². The zero-order chi connectivity index (χ0) is 13.1. The molecule has 3 unspecified atom stereocenters. The first-order chi connectivity index (χ1) is 8.60. The van der Waals surface area contributed by atoms with Gasteiger partial charge in [0.1, 0.15) is 11.6 Å². The second kappa shape index (κ2) is 5.79. The highest BCUT2D eigenvalue weighted by atomic mass is 19.1. The van der Waals surface area contributed by atoms with Crippen LogP contribution < -0.4 is 0 Å². The van der Waals surface area contributed by atoms with Crippen LogP contribution in [0.3, 0.4) is 0 Å². The van der Waals surface area contributed by atoms with E-state index in [0.29, 0.717) is 11.5 Å². The van der Waals surface area contributed by atoms with Crippen LogP contribution in [0, 0.1) is 23.5 Å². The molecule has 100 valence electrons. The Kier molecular flexibility index (Phi) is 4.33. The Morgan fingerprint density at radius 1 is 1.33 bits per heavy atom. The number of rotatable bonds is 4. The quantitative estimate of drug-likeness (QED) is 0.868.